The first-order valence-electron chi connectivity index (χ1n) is 4.76. The van der Waals surface area contributed by atoms with Crippen LogP contribution in [0.2, 0.25) is 5.02 Å². The molecule has 2 rings (SSSR count). The maximum Gasteiger partial charge on any atom is 0.423 e. The second-order valence-corrected chi connectivity index (χ2v) is 3.82. The van der Waals surface area contributed by atoms with Gasteiger partial charge in [-0.25, -0.2) is 4.79 Å². The largest absolute Gasteiger partial charge is 0.488 e. The number of aryl methyl sites for hydroxylation is 1. The third kappa shape index (κ3) is 2.56. The summed E-state index contributed by atoms with van der Waals surface area (Å²) in [7, 11) is 0. The van der Waals surface area contributed by atoms with Gasteiger partial charge in [-0.05, 0) is 30.7 Å². The predicted molar refractivity (Wildman–Crippen MR) is 58.2 cm³/mol. The highest BCUT2D eigenvalue weighted by atomic mass is 35.5. The summed E-state index contributed by atoms with van der Waals surface area (Å²) in [6, 6.07) is 5.33. The molecule has 0 spiro atoms. The van der Waals surface area contributed by atoms with Crippen molar-refractivity contribution in [1.29, 1.82) is 0 Å². The summed E-state index contributed by atoms with van der Waals surface area (Å²) in [6.07, 6.45) is -0.969. The van der Waals surface area contributed by atoms with Crippen molar-refractivity contribution in [3.05, 3.63) is 28.8 Å². The van der Waals surface area contributed by atoms with Crippen molar-refractivity contribution in [1.82, 2.24) is 10.9 Å². The Kier molecular flexibility index (Phi) is 3.17. The first-order valence-corrected chi connectivity index (χ1v) is 5.14. The maximum absolute atomic E-state index is 10.7. The van der Waals surface area contributed by atoms with Crippen molar-refractivity contribution in [2.24, 2.45) is 0 Å². The number of ether oxygens (including phenoxy) is 2. The van der Waals surface area contributed by atoms with Crippen LogP contribution in [0, 0.1) is 6.92 Å². The molecule has 5 nitrogen and oxygen atoms in total. The maximum atomic E-state index is 10.7. The van der Waals surface area contributed by atoms with Crippen LogP contribution in [-0.2, 0) is 4.74 Å². The van der Waals surface area contributed by atoms with E-state index in [9.17, 15) is 4.79 Å². The third-order valence-electron chi connectivity index (χ3n) is 2.11. The molecule has 1 amide bonds. The number of halogens is 1. The Morgan fingerprint density at radius 2 is 2.38 bits per heavy atom. The van der Waals surface area contributed by atoms with Gasteiger partial charge in [0.2, 0.25) is 6.23 Å². The molecule has 1 aromatic rings. The van der Waals surface area contributed by atoms with Gasteiger partial charge < -0.3 is 9.47 Å². The molecular formula is C10H11ClN2O3. The molecule has 0 saturated carbocycles. The van der Waals surface area contributed by atoms with E-state index < -0.39 is 12.3 Å². The van der Waals surface area contributed by atoms with E-state index in [1.807, 2.05) is 13.0 Å². The molecule has 1 unspecified atom stereocenters. The van der Waals surface area contributed by atoms with Crippen LogP contribution in [0.3, 0.4) is 0 Å². The molecule has 1 atom stereocenters. The zero-order valence-electron chi connectivity index (χ0n) is 8.62. The molecule has 0 bridgehead atoms. The van der Waals surface area contributed by atoms with E-state index in [0.717, 1.165) is 5.56 Å². The molecule has 0 aliphatic carbocycles. The third-order valence-corrected chi connectivity index (χ3v) is 2.35. The van der Waals surface area contributed by atoms with Crippen LogP contribution in [0.4, 0.5) is 4.79 Å². The molecule has 0 aromatic heterocycles. The number of hydrazine groups is 1. The summed E-state index contributed by atoms with van der Waals surface area (Å²) in [5.41, 5.74) is 5.89. The smallest absolute Gasteiger partial charge is 0.423 e. The van der Waals surface area contributed by atoms with E-state index in [-0.39, 0.29) is 6.61 Å². The van der Waals surface area contributed by atoms with Crippen LogP contribution in [-0.4, -0.2) is 18.9 Å². The van der Waals surface area contributed by atoms with Gasteiger partial charge in [0.15, 0.2) is 0 Å². The number of nitrogens with one attached hydrogen (secondary N) is 2. The van der Waals surface area contributed by atoms with E-state index in [4.69, 9.17) is 21.1 Å². The Labute approximate surface area is 97.6 Å². The van der Waals surface area contributed by atoms with Gasteiger partial charge in [0, 0.05) is 5.02 Å². The van der Waals surface area contributed by atoms with Crippen molar-refractivity contribution in [2.45, 2.75) is 13.2 Å². The van der Waals surface area contributed by atoms with E-state index in [1.54, 1.807) is 12.1 Å². The Bertz CT molecular complexity index is 411. The second-order valence-electron chi connectivity index (χ2n) is 3.38. The minimum atomic E-state index is -0.499. The van der Waals surface area contributed by atoms with Gasteiger partial charge in [0.05, 0.1) is 0 Å². The molecule has 1 aromatic carbocycles. The van der Waals surface area contributed by atoms with Gasteiger partial charge in [0.1, 0.15) is 12.4 Å². The van der Waals surface area contributed by atoms with Crippen LogP contribution in [0.25, 0.3) is 0 Å². The van der Waals surface area contributed by atoms with Crippen LogP contribution in [0.1, 0.15) is 5.56 Å². The lowest BCUT2D eigenvalue weighted by atomic mass is 10.2. The number of carbonyl (C=O) groups excluding carboxylic acids is 1. The Balaban J connectivity index is 1.92. The van der Waals surface area contributed by atoms with E-state index >= 15 is 0 Å². The minimum Gasteiger partial charge on any atom is -0.488 e. The Morgan fingerprint density at radius 3 is 3.00 bits per heavy atom. The van der Waals surface area contributed by atoms with Gasteiger partial charge in [-0.15, -0.1) is 0 Å². The number of carbonyl (C=O) groups is 1. The minimum absolute atomic E-state index is 0.237. The molecule has 2 N–H and O–H groups in total. The number of benzene rings is 1. The quantitative estimate of drug-likeness (QED) is 0.845. The molecule has 86 valence electrons. The highest BCUT2D eigenvalue weighted by molar-refractivity contribution is 6.30. The predicted octanol–water partition coefficient (Wildman–Crippen LogP) is 1.60. The molecule has 1 saturated heterocycles. The lowest BCUT2D eigenvalue weighted by molar-refractivity contribution is 0.0889. The molecule has 0 radical (unpaired) electrons. The fraction of sp³-hybridized carbons (Fsp3) is 0.300. The lowest BCUT2D eigenvalue weighted by Crippen LogP contribution is -2.35. The number of hydrogen-bond donors (Lipinski definition) is 2. The molecule has 1 aliphatic heterocycles. The highest BCUT2D eigenvalue weighted by Crippen LogP contribution is 2.21. The molecule has 16 heavy (non-hydrogen) atoms. The van der Waals surface area contributed by atoms with E-state index in [0.29, 0.717) is 10.8 Å². The number of cyclic esters (lactones) is 1. The van der Waals surface area contributed by atoms with Gasteiger partial charge in [-0.1, -0.05) is 11.6 Å². The summed E-state index contributed by atoms with van der Waals surface area (Å²) in [6.45, 7) is 2.13. The Morgan fingerprint density at radius 1 is 1.56 bits per heavy atom. The standard InChI is InChI=1S/C10H11ClN2O3/c1-6-4-7(11)2-3-8(6)15-5-9-12-13-10(14)16-9/h2-4,9,12H,5H2,1H3,(H,13,14). The van der Waals surface area contributed by atoms with Crippen LogP contribution >= 0.6 is 11.6 Å². The van der Waals surface area contributed by atoms with Crippen molar-refractivity contribution < 1.29 is 14.3 Å². The fourth-order valence-electron chi connectivity index (χ4n) is 1.34. The SMILES string of the molecule is Cc1cc(Cl)ccc1OCC1NNC(=O)O1. The first-order chi connectivity index (χ1) is 7.65. The van der Waals surface area contributed by atoms with Gasteiger partial charge in [-0.2, -0.15) is 5.43 Å². The number of hydrogen-bond acceptors (Lipinski definition) is 4. The zero-order valence-corrected chi connectivity index (χ0v) is 9.38. The fourth-order valence-corrected chi connectivity index (χ4v) is 1.57. The van der Waals surface area contributed by atoms with Crippen molar-refractivity contribution in [2.75, 3.05) is 6.61 Å². The monoisotopic (exact) mass is 242 g/mol. The lowest BCUT2D eigenvalue weighted by Gasteiger charge is -2.12. The summed E-state index contributed by atoms with van der Waals surface area (Å²) in [5.74, 6) is 0.717. The van der Waals surface area contributed by atoms with E-state index in [1.165, 1.54) is 0 Å². The number of amides is 1. The van der Waals surface area contributed by atoms with Gasteiger partial charge in [-0.3, -0.25) is 5.43 Å². The van der Waals surface area contributed by atoms with E-state index in [2.05, 4.69) is 10.9 Å². The molecule has 1 aliphatic rings. The molecule has 1 heterocycles. The number of rotatable bonds is 3. The molecular weight excluding hydrogens is 232 g/mol. The normalized spacial score (nSPS) is 19.1. The van der Waals surface area contributed by atoms with Crippen molar-refractivity contribution in [3.8, 4) is 5.75 Å². The van der Waals surface area contributed by atoms with Gasteiger partial charge >= 0.3 is 6.09 Å². The summed E-state index contributed by atoms with van der Waals surface area (Å²) < 4.78 is 10.3. The highest BCUT2D eigenvalue weighted by Gasteiger charge is 2.22. The summed E-state index contributed by atoms with van der Waals surface area (Å²) >= 11 is 5.82. The van der Waals surface area contributed by atoms with Crippen LogP contribution in [0.5, 0.6) is 5.75 Å². The van der Waals surface area contributed by atoms with Gasteiger partial charge in [0.25, 0.3) is 0 Å². The topological polar surface area (TPSA) is 59.6 Å². The second kappa shape index (κ2) is 4.59. The molecule has 6 heteroatoms. The Hall–Kier alpha value is -1.46. The van der Waals surface area contributed by atoms with Crippen molar-refractivity contribution in [3.63, 3.8) is 0 Å². The molecule has 1 fully saturated rings. The first kappa shape index (κ1) is 11.0. The van der Waals surface area contributed by atoms with Crippen molar-refractivity contribution >= 4 is 17.7 Å². The average Bonchev–Trinajstić information content (AvgIpc) is 2.63. The summed E-state index contributed by atoms with van der Waals surface area (Å²) in [5, 5.41) is 0.664. The zero-order chi connectivity index (χ0) is 11.5. The van der Waals surface area contributed by atoms with Crippen LogP contribution in [0.15, 0.2) is 18.2 Å². The average molecular weight is 243 g/mol. The summed E-state index contributed by atoms with van der Waals surface area (Å²) in [4.78, 5) is 10.7. The van der Waals surface area contributed by atoms with Crippen LogP contribution < -0.4 is 15.6 Å².